The Kier molecular flexibility index (Phi) is 3.98. The third kappa shape index (κ3) is 2.89. The number of halogens is 1. The quantitative estimate of drug-likeness (QED) is 0.914. The molecule has 1 heterocycles. The van der Waals surface area contributed by atoms with Crippen molar-refractivity contribution in [1.82, 2.24) is 9.55 Å². The molecular formula is C13H13ClN4. The molecule has 2 rings (SSSR count). The summed E-state index contributed by atoms with van der Waals surface area (Å²) in [6.07, 6.45) is 4.50. The topological polar surface area (TPSA) is 67.6 Å². The fourth-order valence-corrected chi connectivity index (χ4v) is 1.95. The lowest BCUT2D eigenvalue weighted by Gasteiger charge is -2.05. The molecule has 2 N–H and O–H groups in total. The van der Waals surface area contributed by atoms with E-state index in [1.54, 1.807) is 18.5 Å². The molecule has 0 fully saturated rings. The van der Waals surface area contributed by atoms with Crippen molar-refractivity contribution in [2.24, 2.45) is 5.73 Å². The lowest BCUT2D eigenvalue weighted by atomic mass is 10.1. The van der Waals surface area contributed by atoms with Crippen LogP contribution in [-0.2, 0) is 13.0 Å². The molecule has 5 heteroatoms. The Morgan fingerprint density at radius 1 is 1.44 bits per heavy atom. The van der Waals surface area contributed by atoms with Gasteiger partial charge in [-0.1, -0.05) is 17.7 Å². The zero-order chi connectivity index (χ0) is 13.0. The van der Waals surface area contributed by atoms with E-state index < -0.39 is 0 Å². The maximum absolute atomic E-state index is 8.77. The van der Waals surface area contributed by atoms with E-state index in [4.69, 9.17) is 22.6 Å². The van der Waals surface area contributed by atoms with Crippen LogP contribution in [0.2, 0.25) is 5.02 Å². The van der Waals surface area contributed by atoms with Crippen molar-refractivity contribution in [3.63, 3.8) is 0 Å². The van der Waals surface area contributed by atoms with E-state index in [-0.39, 0.29) is 0 Å². The molecule has 0 aliphatic heterocycles. The number of imidazole rings is 1. The van der Waals surface area contributed by atoms with Crippen LogP contribution in [0.4, 0.5) is 0 Å². The van der Waals surface area contributed by atoms with Gasteiger partial charge in [-0.15, -0.1) is 0 Å². The fourth-order valence-electron chi connectivity index (χ4n) is 1.71. The molecule has 0 amide bonds. The first-order valence-corrected chi connectivity index (χ1v) is 6.00. The standard InChI is InChI=1S/C13H13ClN4/c14-13-5-10(6-16)1-2-11(13)7-18-8-12(3-4-15)17-9-18/h1-2,5,8-9H,3-4,7,15H2. The van der Waals surface area contributed by atoms with E-state index in [1.807, 2.05) is 16.8 Å². The van der Waals surface area contributed by atoms with Crippen molar-refractivity contribution >= 4 is 11.6 Å². The summed E-state index contributed by atoms with van der Waals surface area (Å²) in [5.74, 6) is 0. The van der Waals surface area contributed by atoms with Gasteiger partial charge in [0, 0.05) is 24.2 Å². The third-order valence-electron chi connectivity index (χ3n) is 2.62. The summed E-state index contributed by atoms with van der Waals surface area (Å²) < 4.78 is 1.96. The summed E-state index contributed by atoms with van der Waals surface area (Å²) in [5.41, 5.74) is 7.98. The number of nitrogens with zero attached hydrogens (tertiary/aromatic N) is 3. The Labute approximate surface area is 111 Å². The normalized spacial score (nSPS) is 10.3. The lowest BCUT2D eigenvalue weighted by Crippen LogP contribution is -2.03. The summed E-state index contributed by atoms with van der Waals surface area (Å²) in [6.45, 7) is 1.23. The highest BCUT2D eigenvalue weighted by molar-refractivity contribution is 6.31. The highest BCUT2D eigenvalue weighted by Crippen LogP contribution is 2.18. The van der Waals surface area contributed by atoms with Crippen molar-refractivity contribution in [3.05, 3.63) is 52.6 Å². The molecule has 0 bridgehead atoms. The molecule has 0 aliphatic carbocycles. The zero-order valence-electron chi connectivity index (χ0n) is 9.81. The average molecular weight is 261 g/mol. The Balaban J connectivity index is 2.15. The Hall–Kier alpha value is -1.83. The maximum Gasteiger partial charge on any atom is 0.0992 e. The summed E-state index contributed by atoms with van der Waals surface area (Å²) in [5, 5.41) is 9.37. The van der Waals surface area contributed by atoms with Crippen molar-refractivity contribution in [3.8, 4) is 6.07 Å². The SMILES string of the molecule is N#Cc1ccc(Cn2cnc(CCN)c2)c(Cl)c1. The molecule has 0 unspecified atom stereocenters. The number of hydrogen-bond acceptors (Lipinski definition) is 3. The second kappa shape index (κ2) is 5.67. The number of nitriles is 1. The first-order chi connectivity index (χ1) is 8.72. The van der Waals surface area contributed by atoms with Crippen LogP contribution in [0.15, 0.2) is 30.7 Å². The van der Waals surface area contributed by atoms with Gasteiger partial charge in [0.15, 0.2) is 0 Å². The first kappa shape index (κ1) is 12.6. The highest BCUT2D eigenvalue weighted by Gasteiger charge is 2.04. The van der Waals surface area contributed by atoms with Gasteiger partial charge in [-0.2, -0.15) is 5.26 Å². The van der Waals surface area contributed by atoms with Gasteiger partial charge in [0.2, 0.25) is 0 Å². The van der Waals surface area contributed by atoms with Gasteiger partial charge in [0.05, 0.1) is 23.7 Å². The second-order valence-corrected chi connectivity index (χ2v) is 4.40. The number of rotatable bonds is 4. The summed E-state index contributed by atoms with van der Waals surface area (Å²) in [4.78, 5) is 4.25. The van der Waals surface area contributed by atoms with Gasteiger partial charge < -0.3 is 10.3 Å². The van der Waals surface area contributed by atoms with Crippen LogP contribution in [0.1, 0.15) is 16.8 Å². The van der Waals surface area contributed by atoms with Crippen LogP contribution in [0.3, 0.4) is 0 Å². The Bertz CT molecular complexity index is 583. The predicted octanol–water partition coefficient (Wildman–Crippen LogP) is 1.96. The maximum atomic E-state index is 8.77. The molecule has 0 radical (unpaired) electrons. The number of nitrogens with two attached hydrogens (primary N) is 1. The van der Waals surface area contributed by atoms with E-state index in [9.17, 15) is 0 Å². The minimum atomic E-state index is 0.568. The monoisotopic (exact) mass is 260 g/mol. The van der Waals surface area contributed by atoms with E-state index >= 15 is 0 Å². The molecule has 1 aromatic carbocycles. The van der Waals surface area contributed by atoms with Crippen molar-refractivity contribution in [2.45, 2.75) is 13.0 Å². The molecule has 0 spiro atoms. The van der Waals surface area contributed by atoms with Crippen LogP contribution in [0.25, 0.3) is 0 Å². The molecule has 2 aromatic rings. The minimum absolute atomic E-state index is 0.568. The van der Waals surface area contributed by atoms with Gasteiger partial charge in [0.25, 0.3) is 0 Å². The molecule has 0 saturated carbocycles. The molecule has 18 heavy (non-hydrogen) atoms. The summed E-state index contributed by atoms with van der Waals surface area (Å²) in [7, 11) is 0. The van der Waals surface area contributed by atoms with Crippen LogP contribution in [0, 0.1) is 11.3 Å². The Morgan fingerprint density at radius 2 is 2.28 bits per heavy atom. The van der Waals surface area contributed by atoms with E-state index in [0.717, 1.165) is 17.7 Å². The average Bonchev–Trinajstić information content (AvgIpc) is 2.80. The molecule has 92 valence electrons. The van der Waals surface area contributed by atoms with Gasteiger partial charge in [-0.05, 0) is 24.2 Å². The number of benzene rings is 1. The molecule has 4 nitrogen and oxygen atoms in total. The number of hydrogen-bond donors (Lipinski definition) is 1. The van der Waals surface area contributed by atoms with Crippen LogP contribution < -0.4 is 5.73 Å². The van der Waals surface area contributed by atoms with E-state index in [2.05, 4.69) is 11.1 Å². The van der Waals surface area contributed by atoms with Gasteiger partial charge in [-0.3, -0.25) is 0 Å². The first-order valence-electron chi connectivity index (χ1n) is 5.62. The molecule has 0 saturated heterocycles. The predicted molar refractivity (Wildman–Crippen MR) is 70.3 cm³/mol. The molecular weight excluding hydrogens is 248 g/mol. The Morgan fingerprint density at radius 3 is 2.94 bits per heavy atom. The van der Waals surface area contributed by atoms with Crippen molar-refractivity contribution in [1.29, 1.82) is 5.26 Å². The van der Waals surface area contributed by atoms with E-state index in [1.165, 1.54) is 0 Å². The third-order valence-corrected chi connectivity index (χ3v) is 2.97. The summed E-state index contributed by atoms with van der Waals surface area (Å²) >= 11 is 6.12. The van der Waals surface area contributed by atoms with Crippen LogP contribution >= 0.6 is 11.6 Å². The van der Waals surface area contributed by atoms with Crippen LogP contribution in [-0.4, -0.2) is 16.1 Å². The second-order valence-electron chi connectivity index (χ2n) is 3.99. The van der Waals surface area contributed by atoms with Crippen LogP contribution in [0.5, 0.6) is 0 Å². The minimum Gasteiger partial charge on any atom is -0.333 e. The fraction of sp³-hybridized carbons (Fsp3) is 0.231. The molecule has 0 aliphatic rings. The van der Waals surface area contributed by atoms with Gasteiger partial charge in [0.1, 0.15) is 0 Å². The zero-order valence-corrected chi connectivity index (χ0v) is 10.6. The smallest absolute Gasteiger partial charge is 0.0992 e. The molecule has 1 aromatic heterocycles. The van der Waals surface area contributed by atoms with E-state index in [0.29, 0.717) is 23.7 Å². The lowest BCUT2D eigenvalue weighted by molar-refractivity contribution is 0.795. The largest absolute Gasteiger partial charge is 0.333 e. The van der Waals surface area contributed by atoms with Crippen molar-refractivity contribution in [2.75, 3.05) is 6.54 Å². The summed E-state index contributed by atoms with van der Waals surface area (Å²) in [6, 6.07) is 7.36. The number of aromatic nitrogens is 2. The van der Waals surface area contributed by atoms with Crippen molar-refractivity contribution < 1.29 is 0 Å². The van der Waals surface area contributed by atoms with Gasteiger partial charge in [-0.25, -0.2) is 4.98 Å². The molecule has 0 atom stereocenters. The van der Waals surface area contributed by atoms with Gasteiger partial charge >= 0.3 is 0 Å². The highest BCUT2D eigenvalue weighted by atomic mass is 35.5.